The Bertz CT molecular complexity index is 489. The molecular weight excluding hydrogens is 198 g/mol. The van der Waals surface area contributed by atoms with Gasteiger partial charge in [-0.2, -0.15) is 0 Å². The molecule has 0 bridgehead atoms. The maximum absolute atomic E-state index is 4.25. The number of aryl methyl sites for hydroxylation is 4. The van der Waals surface area contributed by atoms with E-state index in [1.807, 2.05) is 13.1 Å². The number of hydrogen-bond acceptors (Lipinski definition) is 2. The normalized spacial score (nSPS) is 10.5. The van der Waals surface area contributed by atoms with Gasteiger partial charge in [-0.15, -0.1) is 0 Å². The van der Waals surface area contributed by atoms with E-state index < -0.39 is 0 Å². The number of aromatic amines is 1. The van der Waals surface area contributed by atoms with E-state index in [2.05, 4.69) is 48.2 Å². The van der Waals surface area contributed by atoms with Crippen LogP contribution < -0.4 is 5.32 Å². The van der Waals surface area contributed by atoms with Crippen molar-refractivity contribution in [3.05, 3.63) is 40.7 Å². The first-order valence-corrected chi connectivity index (χ1v) is 5.43. The zero-order valence-corrected chi connectivity index (χ0v) is 10.2. The third-order valence-electron chi connectivity index (χ3n) is 2.62. The van der Waals surface area contributed by atoms with Gasteiger partial charge in [0.15, 0.2) is 0 Å². The summed E-state index contributed by atoms with van der Waals surface area (Å²) in [6.07, 6.45) is 1.82. The van der Waals surface area contributed by atoms with E-state index >= 15 is 0 Å². The van der Waals surface area contributed by atoms with Gasteiger partial charge in [-0.3, -0.25) is 0 Å². The molecule has 0 atom stereocenters. The number of nitrogens with zero attached hydrogens (tertiary/aromatic N) is 1. The molecule has 16 heavy (non-hydrogen) atoms. The average molecular weight is 215 g/mol. The maximum atomic E-state index is 4.25. The van der Waals surface area contributed by atoms with Crippen molar-refractivity contribution in [1.29, 1.82) is 0 Å². The van der Waals surface area contributed by atoms with Gasteiger partial charge in [-0.1, -0.05) is 17.7 Å². The molecule has 0 aliphatic rings. The summed E-state index contributed by atoms with van der Waals surface area (Å²) in [7, 11) is 0. The lowest BCUT2D eigenvalue weighted by atomic mass is 10.1. The highest BCUT2D eigenvalue weighted by Crippen LogP contribution is 2.24. The molecule has 0 radical (unpaired) electrons. The van der Waals surface area contributed by atoms with E-state index in [0.717, 1.165) is 17.3 Å². The first-order chi connectivity index (χ1) is 7.56. The Labute approximate surface area is 95.9 Å². The van der Waals surface area contributed by atoms with Crippen LogP contribution in [0.1, 0.15) is 22.4 Å². The predicted molar refractivity (Wildman–Crippen MR) is 67.3 cm³/mol. The molecule has 0 aliphatic carbocycles. The molecular formula is C13H17N3. The number of hydrogen-bond donors (Lipinski definition) is 2. The van der Waals surface area contributed by atoms with Crippen LogP contribution in [0.5, 0.6) is 0 Å². The van der Waals surface area contributed by atoms with Crippen molar-refractivity contribution in [2.24, 2.45) is 0 Å². The maximum Gasteiger partial charge on any atom is 0.204 e. The molecule has 3 nitrogen and oxygen atoms in total. The number of aromatic nitrogens is 2. The molecule has 0 unspecified atom stereocenters. The fourth-order valence-corrected chi connectivity index (χ4v) is 1.97. The zero-order valence-electron chi connectivity index (χ0n) is 10.2. The van der Waals surface area contributed by atoms with Crippen molar-refractivity contribution in [3.8, 4) is 0 Å². The summed E-state index contributed by atoms with van der Waals surface area (Å²) in [5.74, 6) is 0.799. The van der Waals surface area contributed by atoms with Crippen LogP contribution >= 0.6 is 0 Å². The second-order valence-electron chi connectivity index (χ2n) is 4.31. The molecule has 1 heterocycles. The van der Waals surface area contributed by atoms with Gasteiger partial charge in [-0.25, -0.2) is 4.98 Å². The van der Waals surface area contributed by atoms with Gasteiger partial charge in [0.1, 0.15) is 0 Å². The highest BCUT2D eigenvalue weighted by Gasteiger charge is 2.05. The minimum absolute atomic E-state index is 0.799. The molecule has 1 aromatic carbocycles. The summed E-state index contributed by atoms with van der Waals surface area (Å²) in [4.78, 5) is 7.42. The minimum atomic E-state index is 0.799. The lowest BCUT2D eigenvalue weighted by molar-refractivity contribution is 1.22. The van der Waals surface area contributed by atoms with E-state index in [9.17, 15) is 0 Å². The lowest BCUT2D eigenvalue weighted by Gasteiger charge is -2.11. The largest absolute Gasteiger partial charge is 0.328 e. The third kappa shape index (κ3) is 2.08. The summed E-state index contributed by atoms with van der Waals surface area (Å²) in [5, 5.41) is 3.32. The van der Waals surface area contributed by atoms with Crippen molar-refractivity contribution >= 4 is 11.6 Å². The van der Waals surface area contributed by atoms with Crippen molar-refractivity contribution in [1.82, 2.24) is 9.97 Å². The third-order valence-corrected chi connectivity index (χ3v) is 2.62. The molecule has 0 aliphatic heterocycles. The van der Waals surface area contributed by atoms with Crippen molar-refractivity contribution in [2.75, 3.05) is 5.32 Å². The highest BCUT2D eigenvalue weighted by molar-refractivity contribution is 5.63. The van der Waals surface area contributed by atoms with Crippen LogP contribution in [-0.2, 0) is 0 Å². The minimum Gasteiger partial charge on any atom is -0.328 e. The number of rotatable bonds is 2. The van der Waals surface area contributed by atoms with Gasteiger partial charge < -0.3 is 10.3 Å². The van der Waals surface area contributed by atoms with Crippen molar-refractivity contribution in [2.45, 2.75) is 27.7 Å². The van der Waals surface area contributed by atoms with Crippen LogP contribution in [0.3, 0.4) is 0 Å². The molecule has 0 amide bonds. The summed E-state index contributed by atoms with van der Waals surface area (Å²) >= 11 is 0. The van der Waals surface area contributed by atoms with Crippen molar-refractivity contribution in [3.63, 3.8) is 0 Å². The van der Waals surface area contributed by atoms with E-state index in [1.54, 1.807) is 0 Å². The van der Waals surface area contributed by atoms with Gasteiger partial charge in [0.05, 0.1) is 0 Å². The molecule has 0 spiro atoms. The van der Waals surface area contributed by atoms with E-state index in [-0.39, 0.29) is 0 Å². The van der Waals surface area contributed by atoms with Crippen LogP contribution in [0.25, 0.3) is 0 Å². The second kappa shape index (κ2) is 4.00. The van der Waals surface area contributed by atoms with Crippen LogP contribution in [0.4, 0.5) is 11.6 Å². The Morgan fingerprint density at radius 3 is 2.19 bits per heavy atom. The summed E-state index contributed by atoms with van der Waals surface area (Å²) in [5.41, 5.74) is 5.97. The molecule has 0 fully saturated rings. The molecule has 0 saturated carbocycles. The van der Waals surface area contributed by atoms with Gasteiger partial charge in [0.2, 0.25) is 5.95 Å². The number of anilines is 2. The average Bonchev–Trinajstić information content (AvgIpc) is 2.58. The quantitative estimate of drug-likeness (QED) is 0.806. The molecule has 3 heteroatoms. The Morgan fingerprint density at radius 1 is 1.06 bits per heavy atom. The lowest BCUT2D eigenvalue weighted by Crippen LogP contribution is -1.98. The fraction of sp³-hybridized carbons (Fsp3) is 0.308. The molecule has 84 valence electrons. The summed E-state index contributed by atoms with van der Waals surface area (Å²) < 4.78 is 0. The van der Waals surface area contributed by atoms with E-state index in [1.165, 1.54) is 16.7 Å². The van der Waals surface area contributed by atoms with E-state index in [4.69, 9.17) is 0 Å². The Balaban J connectivity index is 2.34. The number of H-pyrrole nitrogens is 1. The highest BCUT2D eigenvalue weighted by atomic mass is 15.1. The van der Waals surface area contributed by atoms with Crippen LogP contribution in [0.2, 0.25) is 0 Å². The smallest absolute Gasteiger partial charge is 0.204 e. The van der Waals surface area contributed by atoms with Crippen LogP contribution in [0, 0.1) is 27.7 Å². The fourth-order valence-electron chi connectivity index (χ4n) is 1.97. The summed E-state index contributed by atoms with van der Waals surface area (Å²) in [6.45, 7) is 8.32. The Morgan fingerprint density at radius 2 is 1.69 bits per heavy atom. The number of nitrogens with one attached hydrogen (secondary N) is 2. The van der Waals surface area contributed by atoms with Crippen LogP contribution in [0.15, 0.2) is 18.3 Å². The van der Waals surface area contributed by atoms with Gasteiger partial charge in [-0.05, 0) is 38.8 Å². The van der Waals surface area contributed by atoms with E-state index in [0.29, 0.717) is 0 Å². The first kappa shape index (κ1) is 10.7. The Kier molecular flexibility index (Phi) is 2.69. The summed E-state index contributed by atoms with van der Waals surface area (Å²) in [6, 6.07) is 4.34. The number of benzene rings is 1. The van der Waals surface area contributed by atoms with Gasteiger partial charge in [0, 0.05) is 17.6 Å². The molecule has 2 rings (SSSR count). The standard InChI is InChI=1S/C13H17N3/c1-8-5-9(2)12(10(3)6-8)16-13-14-7-11(4)15-13/h5-7H,1-4H3,(H2,14,15,16). The second-order valence-corrected chi connectivity index (χ2v) is 4.31. The van der Waals surface area contributed by atoms with Gasteiger partial charge in [0.25, 0.3) is 0 Å². The number of imidazole rings is 1. The van der Waals surface area contributed by atoms with Gasteiger partial charge >= 0.3 is 0 Å². The Hall–Kier alpha value is -1.77. The first-order valence-electron chi connectivity index (χ1n) is 5.43. The SMILES string of the molecule is Cc1cc(C)c(Nc2ncc(C)[nH]2)c(C)c1. The molecule has 1 aromatic heterocycles. The topological polar surface area (TPSA) is 40.7 Å². The zero-order chi connectivity index (χ0) is 11.7. The molecule has 0 saturated heterocycles. The van der Waals surface area contributed by atoms with Crippen molar-refractivity contribution < 1.29 is 0 Å². The monoisotopic (exact) mass is 215 g/mol. The van der Waals surface area contributed by atoms with Crippen LogP contribution in [-0.4, -0.2) is 9.97 Å². The predicted octanol–water partition coefficient (Wildman–Crippen LogP) is 3.39. The molecule has 2 N–H and O–H groups in total. The molecule has 2 aromatic rings.